The Bertz CT molecular complexity index is 262. The van der Waals surface area contributed by atoms with Crippen molar-refractivity contribution in [1.29, 1.82) is 0 Å². The van der Waals surface area contributed by atoms with Crippen LogP contribution in [0.25, 0.3) is 0 Å². The Labute approximate surface area is 67.8 Å². The Kier molecular flexibility index (Phi) is 2.25. The van der Waals surface area contributed by atoms with E-state index in [1.54, 1.807) is 6.29 Å². The van der Waals surface area contributed by atoms with E-state index in [2.05, 4.69) is 4.98 Å². The van der Waals surface area contributed by atoms with Crippen molar-refractivity contribution >= 4 is 29.5 Å². The third kappa shape index (κ3) is 1.46. The fraction of sp³-hybridized carbons (Fsp3) is 0. The number of aromatic nitrogens is 1. The van der Waals surface area contributed by atoms with E-state index in [-0.39, 0.29) is 15.9 Å². The summed E-state index contributed by atoms with van der Waals surface area (Å²) in [6, 6.07) is 3.00. The van der Waals surface area contributed by atoms with Gasteiger partial charge >= 0.3 is 0 Å². The van der Waals surface area contributed by atoms with E-state index in [4.69, 9.17) is 23.2 Å². The summed E-state index contributed by atoms with van der Waals surface area (Å²) in [4.78, 5) is 13.7. The van der Waals surface area contributed by atoms with Gasteiger partial charge in [-0.15, -0.1) is 0 Å². The van der Waals surface area contributed by atoms with Crippen LogP contribution >= 0.6 is 23.2 Å². The molecule has 4 heteroatoms. The molecule has 10 heavy (non-hydrogen) atoms. The van der Waals surface area contributed by atoms with Gasteiger partial charge in [0.25, 0.3) is 6.29 Å². The summed E-state index contributed by atoms with van der Waals surface area (Å²) in [5, 5.41) is 0.502. The number of hydrogen-bond donors (Lipinski definition) is 0. The molecule has 0 fully saturated rings. The van der Waals surface area contributed by atoms with Crippen molar-refractivity contribution in [3.63, 3.8) is 0 Å². The van der Waals surface area contributed by atoms with Gasteiger partial charge in [0.2, 0.25) is 0 Å². The van der Waals surface area contributed by atoms with Gasteiger partial charge in [-0.05, 0) is 12.1 Å². The second-order valence-corrected chi connectivity index (χ2v) is 2.36. The minimum Gasteiger partial charge on any atom is -0.283 e. The second kappa shape index (κ2) is 2.99. The number of halogens is 2. The van der Waals surface area contributed by atoms with Crippen molar-refractivity contribution < 1.29 is 4.79 Å². The number of carbonyl (C=O) groups excluding carboxylic acids is 1. The zero-order valence-corrected chi connectivity index (χ0v) is 6.28. The molecule has 1 aromatic heterocycles. The standard InChI is InChI=1S/C6H2Cl2NO/c7-4-1-2-6(8)9-5(4)3-10/h1-2H. The maximum Gasteiger partial charge on any atom is 0.255 e. The molecule has 1 aromatic rings. The molecule has 0 bridgehead atoms. The van der Waals surface area contributed by atoms with Gasteiger partial charge in [-0.1, -0.05) is 23.2 Å². The van der Waals surface area contributed by atoms with E-state index in [9.17, 15) is 4.79 Å². The van der Waals surface area contributed by atoms with Crippen molar-refractivity contribution in [3.8, 4) is 0 Å². The molecular formula is C6H2Cl2NO. The number of nitrogens with zero attached hydrogens (tertiary/aromatic N) is 1. The highest BCUT2D eigenvalue weighted by molar-refractivity contribution is 6.33. The molecule has 0 aliphatic carbocycles. The second-order valence-electron chi connectivity index (χ2n) is 1.57. The summed E-state index contributed by atoms with van der Waals surface area (Å²) in [5.41, 5.74) is 0.0502. The predicted molar refractivity (Wildman–Crippen MR) is 39.1 cm³/mol. The zero-order valence-electron chi connectivity index (χ0n) is 4.77. The molecule has 0 spiro atoms. The van der Waals surface area contributed by atoms with Crippen molar-refractivity contribution in [2.24, 2.45) is 0 Å². The Morgan fingerprint density at radius 2 is 2.10 bits per heavy atom. The lowest BCUT2D eigenvalue weighted by Crippen LogP contribution is -1.87. The minimum atomic E-state index is 0.0502. The van der Waals surface area contributed by atoms with Gasteiger partial charge in [-0.25, -0.2) is 4.98 Å². The Hall–Kier alpha value is -0.600. The third-order valence-electron chi connectivity index (χ3n) is 0.909. The quantitative estimate of drug-likeness (QED) is 0.609. The smallest absolute Gasteiger partial charge is 0.255 e. The van der Waals surface area contributed by atoms with E-state index < -0.39 is 0 Å². The summed E-state index contributed by atoms with van der Waals surface area (Å²) >= 11 is 11.0. The fourth-order valence-corrected chi connectivity index (χ4v) is 0.781. The van der Waals surface area contributed by atoms with Gasteiger partial charge in [0.05, 0.1) is 5.02 Å². The largest absolute Gasteiger partial charge is 0.283 e. The van der Waals surface area contributed by atoms with Crippen LogP contribution in [0.2, 0.25) is 10.2 Å². The molecule has 0 atom stereocenters. The zero-order chi connectivity index (χ0) is 7.56. The van der Waals surface area contributed by atoms with Crippen molar-refractivity contribution in [2.45, 2.75) is 0 Å². The number of rotatable bonds is 1. The monoisotopic (exact) mass is 174 g/mol. The van der Waals surface area contributed by atoms with Crippen molar-refractivity contribution in [2.75, 3.05) is 0 Å². The van der Waals surface area contributed by atoms with Crippen LogP contribution in [0.3, 0.4) is 0 Å². The average molecular weight is 175 g/mol. The molecule has 0 saturated carbocycles. The van der Waals surface area contributed by atoms with E-state index in [0.29, 0.717) is 0 Å². The molecule has 0 unspecified atom stereocenters. The minimum absolute atomic E-state index is 0.0502. The van der Waals surface area contributed by atoms with Crippen LogP contribution < -0.4 is 0 Å². The van der Waals surface area contributed by atoms with Crippen molar-refractivity contribution in [1.82, 2.24) is 4.98 Å². The van der Waals surface area contributed by atoms with Crippen LogP contribution in [0.4, 0.5) is 0 Å². The van der Waals surface area contributed by atoms with Gasteiger partial charge in [-0.2, -0.15) is 0 Å². The first-order valence-corrected chi connectivity index (χ1v) is 3.20. The predicted octanol–water partition coefficient (Wildman–Crippen LogP) is 1.85. The highest BCUT2D eigenvalue weighted by Gasteiger charge is 2.00. The Morgan fingerprint density at radius 1 is 1.40 bits per heavy atom. The molecule has 2 nitrogen and oxygen atoms in total. The lowest BCUT2D eigenvalue weighted by Gasteiger charge is -1.92. The van der Waals surface area contributed by atoms with E-state index >= 15 is 0 Å². The summed E-state index contributed by atoms with van der Waals surface area (Å²) in [5.74, 6) is 0. The lowest BCUT2D eigenvalue weighted by molar-refractivity contribution is 0.561. The summed E-state index contributed by atoms with van der Waals surface area (Å²) in [6.45, 7) is 0. The molecule has 0 N–H and O–H groups in total. The van der Waals surface area contributed by atoms with Crippen LogP contribution in [0.5, 0.6) is 0 Å². The van der Waals surface area contributed by atoms with Crippen molar-refractivity contribution in [3.05, 3.63) is 28.0 Å². The van der Waals surface area contributed by atoms with Gasteiger partial charge in [0, 0.05) is 0 Å². The lowest BCUT2D eigenvalue weighted by atomic mass is 10.4. The van der Waals surface area contributed by atoms with Gasteiger partial charge < -0.3 is 0 Å². The molecule has 51 valence electrons. The fourth-order valence-electron chi connectivity index (χ4n) is 0.490. The van der Waals surface area contributed by atoms with Gasteiger partial charge in [-0.3, -0.25) is 4.79 Å². The highest BCUT2D eigenvalue weighted by Crippen LogP contribution is 2.14. The Morgan fingerprint density at radius 3 is 2.60 bits per heavy atom. The topological polar surface area (TPSA) is 30.0 Å². The van der Waals surface area contributed by atoms with E-state index in [1.807, 2.05) is 0 Å². The third-order valence-corrected chi connectivity index (χ3v) is 1.42. The highest BCUT2D eigenvalue weighted by atomic mass is 35.5. The van der Waals surface area contributed by atoms with E-state index in [1.165, 1.54) is 12.1 Å². The van der Waals surface area contributed by atoms with E-state index in [0.717, 1.165) is 0 Å². The summed E-state index contributed by atoms with van der Waals surface area (Å²) in [7, 11) is 0. The molecular weight excluding hydrogens is 173 g/mol. The first-order chi connectivity index (χ1) is 4.74. The average Bonchev–Trinajstić information content (AvgIpc) is 1.94. The Balaban J connectivity index is 3.21. The normalized spacial score (nSPS) is 9.40. The van der Waals surface area contributed by atoms with Crippen LogP contribution in [0.15, 0.2) is 12.1 Å². The maximum atomic E-state index is 10.0. The molecule has 0 aromatic carbocycles. The summed E-state index contributed by atoms with van der Waals surface area (Å²) in [6.07, 6.45) is 1.56. The molecule has 0 aliphatic heterocycles. The van der Waals surface area contributed by atoms with Crippen LogP contribution in [-0.4, -0.2) is 11.3 Å². The summed E-state index contributed by atoms with van der Waals surface area (Å²) < 4.78 is 0. The SMILES string of the molecule is O=[C]c1nc(Cl)ccc1Cl. The molecule has 0 amide bonds. The number of hydrogen-bond acceptors (Lipinski definition) is 2. The molecule has 0 aliphatic rings. The molecule has 1 radical (unpaired) electrons. The maximum absolute atomic E-state index is 10.0. The van der Waals surface area contributed by atoms with Gasteiger partial charge in [0.1, 0.15) is 10.8 Å². The van der Waals surface area contributed by atoms with Crippen LogP contribution in [0.1, 0.15) is 5.69 Å². The number of pyridine rings is 1. The first-order valence-electron chi connectivity index (χ1n) is 2.44. The molecule has 1 rings (SSSR count). The van der Waals surface area contributed by atoms with Gasteiger partial charge in [0.15, 0.2) is 0 Å². The molecule has 0 saturated heterocycles. The first kappa shape index (κ1) is 7.51. The van der Waals surface area contributed by atoms with Crippen LogP contribution in [-0.2, 0) is 4.79 Å². The molecule has 1 heterocycles. The van der Waals surface area contributed by atoms with Crippen LogP contribution in [0, 0.1) is 0 Å².